The van der Waals surface area contributed by atoms with Crippen LogP contribution in [-0.2, 0) is 11.3 Å². The van der Waals surface area contributed by atoms with Gasteiger partial charge in [0.1, 0.15) is 5.76 Å². The lowest BCUT2D eigenvalue weighted by atomic mass is 10.2. The van der Waals surface area contributed by atoms with Crippen LogP contribution in [-0.4, -0.2) is 5.91 Å². The molecule has 2 rings (SSSR count). The van der Waals surface area contributed by atoms with Gasteiger partial charge in [0, 0.05) is 18.3 Å². The molecule has 2 aromatic rings. The number of furan rings is 1. The molecule has 2 N–H and O–H groups in total. The van der Waals surface area contributed by atoms with Crippen molar-refractivity contribution in [3.05, 3.63) is 46.8 Å². The molecule has 0 bridgehead atoms. The van der Waals surface area contributed by atoms with Crippen molar-refractivity contribution in [2.45, 2.75) is 13.5 Å². The lowest BCUT2D eigenvalue weighted by molar-refractivity contribution is -0.114. The average molecular weight is 309 g/mol. The second-order valence-electron chi connectivity index (χ2n) is 3.82. The van der Waals surface area contributed by atoms with Crippen LogP contribution in [0.15, 0.2) is 45.5 Å². The summed E-state index contributed by atoms with van der Waals surface area (Å²) in [5.74, 6) is 0.758. The van der Waals surface area contributed by atoms with E-state index in [0.717, 1.165) is 17.1 Å². The van der Waals surface area contributed by atoms with E-state index >= 15 is 0 Å². The van der Waals surface area contributed by atoms with E-state index in [1.54, 1.807) is 0 Å². The van der Waals surface area contributed by atoms with Crippen LogP contribution in [0.2, 0.25) is 0 Å². The van der Waals surface area contributed by atoms with Crippen molar-refractivity contribution in [1.29, 1.82) is 0 Å². The molecule has 1 amide bonds. The van der Waals surface area contributed by atoms with Crippen LogP contribution >= 0.6 is 15.9 Å². The summed E-state index contributed by atoms with van der Waals surface area (Å²) in [4.78, 5) is 11.0. The van der Waals surface area contributed by atoms with Crippen LogP contribution in [0.25, 0.3) is 0 Å². The van der Waals surface area contributed by atoms with Gasteiger partial charge >= 0.3 is 0 Å². The standard InChI is InChI=1S/C13H13BrN2O2/c1-9(17)16-11-4-2-3-10(7-11)15-8-12-5-6-13(14)18-12/h2-7,15H,8H2,1H3,(H,16,17). The number of carbonyl (C=O) groups is 1. The molecular weight excluding hydrogens is 296 g/mol. The highest BCUT2D eigenvalue weighted by Crippen LogP contribution is 2.18. The molecule has 0 aliphatic carbocycles. The molecule has 0 saturated heterocycles. The Kier molecular flexibility index (Phi) is 4.04. The van der Waals surface area contributed by atoms with Gasteiger partial charge in [-0.1, -0.05) is 6.07 Å². The number of anilines is 2. The van der Waals surface area contributed by atoms with Gasteiger partial charge in [-0.05, 0) is 46.3 Å². The predicted molar refractivity (Wildman–Crippen MR) is 74.5 cm³/mol. The van der Waals surface area contributed by atoms with Gasteiger partial charge in [0.25, 0.3) is 0 Å². The average Bonchev–Trinajstić information content (AvgIpc) is 2.72. The molecule has 1 heterocycles. The van der Waals surface area contributed by atoms with Crippen LogP contribution in [0.5, 0.6) is 0 Å². The van der Waals surface area contributed by atoms with E-state index in [1.807, 2.05) is 36.4 Å². The molecule has 0 aliphatic rings. The molecule has 0 fully saturated rings. The van der Waals surface area contributed by atoms with Crippen molar-refractivity contribution in [3.8, 4) is 0 Å². The molecule has 5 heteroatoms. The Bertz CT molecular complexity index is 551. The number of hydrogen-bond acceptors (Lipinski definition) is 3. The first-order valence-corrected chi connectivity index (χ1v) is 6.28. The number of nitrogens with one attached hydrogen (secondary N) is 2. The van der Waals surface area contributed by atoms with E-state index in [0.29, 0.717) is 11.2 Å². The molecule has 4 nitrogen and oxygen atoms in total. The molecule has 0 aliphatic heterocycles. The van der Waals surface area contributed by atoms with E-state index in [1.165, 1.54) is 6.92 Å². The first-order valence-electron chi connectivity index (χ1n) is 5.49. The van der Waals surface area contributed by atoms with E-state index in [4.69, 9.17) is 4.42 Å². The van der Waals surface area contributed by atoms with E-state index < -0.39 is 0 Å². The third-order valence-corrected chi connectivity index (χ3v) is 2.70. The molecule has 0 radical (unpaired) electrons. The van der Waals surface area contributed by atoms with Gasteiger partial charge < -0.3 is 15.1 Å². The molecule has 1 aromatic heterocycles. The fraction of sp³-hybridized carbons (Fsp3) is 0.154. The zero-order chi connectivity index (χ0) is 13.0. The summed E-state index contributed by atoms with van der Waals surface area (Å²) in [7, 11) is 0. The summed E-state index contributed by atoms with van der Waals surface area (Å²) >= 11 is 3.26. The number of benzene rings is 1. The fourth-order valence-corrected chi connectivity index (χ4v) is 1.89. The van der Waals surface area contributed by atoms with Crippen LogP contribution in [0.1, 0.15) is 12.7 Å². The van der Waals surface area contributed by atoms with E-state index in [9.17, 15) is 4.79 Å². The lowest BCUT2D eigenvalue weighted by Gasteiger charge is -2.07. The minimum atomic E-state index is -0.0814. The van der Waals surface area contributed by atoms with Crippen LogP contribution in [0, 0.1) is 0 Å². The summed E-state index contributed by atoms with van der Waals surface area (Å²) in [6, 6.07) is 11.3. The highest BCUT2D eigenvalue weighted by molar-refractivity contribution is 9.10. The highest BCUT2D eigenvalue weighted by Gasteiger charge is 2.01. The minimum absolute atomic E-state index is 0.0814. The van der Waals surface area contributed by atoms with Gasteiger partial charge in [-0.2, -0.15) is 0 Å². The summed E-state index contributed by atoms with van der Waals surface area (Å²) in [5.41, 5.74) is 1.70. The maximum absolute atomic E-state index is 11.0. The second-order valence-corrected chi connectivity index (χ2v) is 4.60. The van der Waals surface area contributed by atoms with E-state index in [-0.39, 0.29) is 5.91 Å². The van der Waals surface area contributed by atoms with E-state index in [2.05, 4.69) is 26.6 Å². The number of halogens is 1. The van der Waals surface area contributed by atoms with Gasteiger partial charge in [0.2, 0.25) is 5.91 Å². The molecule has 18 heavy (non-hydrogen) atoms. The van der Waals surface area contributed by atoms with Crippen LogP contribution < -0.4 is 10.6 Å². The summed E-state index contributed by atoms with van der Waals surface area (Å²) in [6.45, 7) is 2.08. The zero-order valence-electron chi connectivity index (χ0n) is 9.87. The maximum Gasteiger partial charge on any atom is 0.221 e. The van der Waals surface area contributed by atoms with Crippen molar-refractivity contribution >= 4 is 33.2 Å². The molecule has 0 saturated carbocycles. The Morgan fingerprint density at radius 2 is 2.06 bits per heavy atom. The summed E-state index contributed by atoms with van der Waals surface area (Å²) in [5, 5.41) is 5.96. The SMILES string of the molecule is CC(=O)Nc1cccc(NCc2ccc(Br)o2)c1. The van der Waals surface area contributed by atoms with Gasteiger partial charge in [-0.3, -0.25) is 4.79 Å². The fourth-order valence-electron chi connectivity index (χ4n) is 1.55. The molecular formula is C13H13BrN2O2. The molecule has 0 unspecified atom stereocenters. The molecule has 0 spiro atoms. The molecule has 94 valence electrons. The predicted octanol–water partition coefficient (Wildman–Crippen LogP) is 3.61. The first-order chi connectivity index (χ1) is 8.63. The topological polar surface area (TPSA) is 54.3 Å². The Labute approximate surface area is 114 Å². The smallest absolute Gasteiger partial charge is 0.221 e. The number of amides is 1. The Morgan fingerprint density at radius 3 is 2.72 bits per heavy atom. The maximum atomic E-state index is 11.0. The summed E-state index contributed by atoms with van der Waals surface area (Å²) < 4.78 is 6.10. The minimum Gasteiger partial charge on any atom is -0.452 e. The normalized spacial score (nSPS) is 10.1. The highest BCUT2D eigenvalue weighted by atomic mass is 79.9. The van der Waals surface area contributed by atoms with Crippen molar-refractivity contribution in [2.24, 2.45) is 0 Å². The van der Waals surface area contributed by atoms with Crippen molar-refractivity contribution in [1.82, 2.24) is 0 Å². The number of hydrogen-bond donors (Lipinski definition) is 2. The zero-order valence-corrected chi connectivity index (χ0v) is 11.5. The molecule has 1 aromatic carbocycles. The van der Waals surface area contributed by atoms with Crippen molar-refractivity contribution in [2.75, 3.05) is 10.6 Å². The Morgan fingerprint density at radius 1 is 1.28 bits per heavy atom. The number of carbonyl (C=O) groups excluding carboxylic acids is 1. The van der Waals surface area contributed by atoms with Gasteiger partial charge in [-0.25, -0.2) is 0 Å². The van der Waals surface area contributed by atoms with Gasteiger partial charge in [0.05, 0.1) is 6.54 Å². The Balaban J connectivity index is 1.98. The largest absolute Gasteiger partial charge is 0.452 e. The third kappa shape index (κ3) is 3.63. The lowest BCUT2D eigenvalue weighted by Crippen LogP contribution is -2.06. The monoisotopic (exact) mass is 308 g/mol. The third-order valence-electron chi connectivity index (χ3n) is 2.28. The van der Waals surface area contributed by atoms with Crippen molar-refractivity contribution < 1.29 is 9.21 Å². The van der Waals surface area contributed by atoms with Gasteiger partial charge in [0.15, 0.2) is 4.67 Å². The first kappa shape index (κ1) is 12.7. The van der Waals surface area contributed by atoms with Crippen LogP contribution in [0.4, 0.5) is 11.4 Å². The van der Waals surface area contributed by atoms with Gasteiger partial charge in [-0.15, -0.1) is 0 Å². The number of rotatable bonds is 4. The second kappa shape index (κ2) is 5.73. The summed E-state index contributed by atoms with van der Waals surface area (Å²) in [6.07, 6.45) is 0. The molecule has 0 atom stereocenters. The van der Waals surface area contributed by atoms with Crippen molar-refractivity contribution in [3.63, 3.8) is 0 Å². The Hall–Kier alpha value is -1.75. The van der Waals surface area contributed by atoms with Crippen LogP contribution in [0.3, 0.4) is 0 Å². The quantitative estimate of drug-likeness (QED) is 0.907.